The van der Waals surface area contributed by atoms with Crippen molar-refractivity contribution in [3.63, 3.8) is 0 Å². The Morgan fingerprint density at radius 3 is 2.92 bits per heavy atom. The van der Waals surface area contributed by atoms with E-state index < -0.39 is 0 Å². The second-order valence-electron chi connectivity index (χ2n) is 5.43. The number of carbonyl (C=O) groups is 1. The number of anilines is 1. The molecular formula is C18H18N4O3. The molecule has 7 nitrogen and oxygen atoms in total. The molecule has 2 N–H and O–H groups in total. The van der Waals surface area contributed by atoms with E-state index in [1.807, 2.05) is 25.1 Å². The second kappa shape index (κ2) is 7.09. The van der Waals surface area contributed by atoms with Gasteiger partial charge in [-0.1, -0.05) is 18.0 Å². The number of carbonyl (C=O) groups excluding carboxylic acids is 1. The maximum Gasteiger partial charge on any atom is 0.262 e. The number of ether oxygens (including phenoxy) is 1. The van der Waals surface area contributed by atoms with Gasteiger partial charge in [0, 0.05) is 11.8 Å². The Bertz CT molecular complexity index is 956. The van der Waals surface area contributed by atoms with Crippen molar-refractivity contribution in [3.05, 3.63) is 35.2 Å². The first-order valence-electron chi connectivity index (χ1n) is 7.91. The van der Waals surface area contributed by atoms with Gasteiger partial charge in [0.25, 0.3) is 5.91 Å². The molecule has 0 aliphatic rings. The fourth-order valence-electron chi connectivity index (χ4n) is 2.45. The molecule has 0 aliphatic carbocycles. The van der Waals surface area contributed by atoms with E-state index >= 15 is 0 Å². The third-order valence-electron chi connectivity index (χ3n) is 3.64. The maximum absolute atomic E-state index is 12.5. The molecule has 0 radical (unpaired) electrons. The molecule has 25 heavy (non-hydrogen) atoms. The number of amides is 1. The van der Waals surface area contributed by atoms with Gasteiger partial charge in [-0.05, 0) is 32.0 Å². The van der Waals surface area contributed by atoms with Gasteiger partial charge >= 0.3 is 0 Å². The number of rotatable bonds is 4. The van der Waals surface area contributed by atoms with E-state index in [1.165, 1.54) is 0 Å². The minimum Gasteiger partial charge on any atom is -0.481 e. The van der Waals surface area contributed by atoms with Gasteiger partial charge < -0.3 is 14.6 Å². The third kappa shape index (κ3) is 3.48. The van der Waals surface area contributed by atoms with E-state index in [0.717, 1.165) is 17.3 Å². The standard InChI is InChI=1S/C18H18N4O3/c1-4-5-6-9-24-13-7-8-15-14(10-13)17(21-20-15)19-18(23)16-11(2)22-25-12(16)3/h7-8,10H,4,9H2,1-3H3,(H2,19,20,21,23). The van der Waals surface area contributed by atoms with Gasteiger partial charge in [-0.25, -0.2) is 0 Å². The molecule has 3 rings (SSSR count). The quantitative estimate of drug-likeness (QED) is 0.713. The average Bonchev–Trinajstić information content (AvgIpc) is 3.15. The van der Waals surface area contributed by atoms with Gasteiger partial charge in [-0.2, -0.15) is 5.10 Å². The van der Waals surface area contributed by atoms with Crippen LogP contribution < -0.4 is 10.1 Å². The molecule has 2 heterocycles. The topological polar surface area (TPSA) is 93.0 Å². The molecule has 0 spiro atoms. The van der Waals surface area contributed by atoms with Gasteiger partial charge in [0.1, 0.15) is 23.7 Å². The maximum atomic E-state index is 12.5. The van der Waals surface area contributed by atoms with Gasteiger partial charge in [0.2, 0.25) is 0 Å². The Balaban J connectivity index is 1.83. The highest BCUT2D eigenvalue weighted by Crippen LogP contribution is 2.26. The SMILES string of the molecule is CCC#CCOc1ccc2[nH]nc(NC(=O)c3c(C)noc3C)c2c1. The van der Waals surface area contributed by atoms with E-state index in [0.29, 0.717) is 35.2 Å². The number of fused-ring (bicyclic) bond motifs is 1. The summed E-state index contributed by atoms with van der Waals surface area (Å²) >= 11 is 0. The van der Waals surface area contributed by atoms with Crippen LogP contribution in [0.1, 0.15) is 35.2 Å². The Labute approximate surface area is 144 Å². The Morgan fingerprint density at radius 1 is 1.36 bits per heavy atom. The predicted octanol–water partition coefficient (Wildman–Crippen LogP) is 3.21. The molecule has 7 heteroatoms. The molecule has 3 aromatic rings. The fraction of sp³-hybridized carbons (Fsp3) is 0.278. The van der Waals surface area contributed by atoms with Crippen LogP contribution in [0.25, 0.3) is 10.9 Å². The molecule has 0 unspecified atom stereocenters. The molecule has 1 aromatic carbocycles. The molecule has 0 bridgehead atoms. The zero-order valence-corrected chi connectivity index (χ0v) is 14.3. The van der Waals surface area contributed by atoms with Gasteiger partial charge in [-0.3, -0.25) is 9.89 Å². The van der Waals surface area contributed by atoms with Crippen LogP contribution in [0.5, 0.6) is 5.75 Å². The van der Waals surface area contributed by atoms with Crippen LogP contribution in [0, 0.1) is 25.7 Å². The normalized spacial score (nSPS) is 10.4. The zero-order chi connectivity index (χ0) is 17.8. The number of aryl methyl sites for hydroxylation is 2. The number of nitrogens with one attached hydrogen (secondary N) is 2. The number of benzene rings is 1. The van der Waals surface area contributed by atoms with Gasteiger partial charge in [-0.15, -0.1) is 5.92 Å². The highest BCUT2D eigenvalue weighted by molar-refractivity contribution is 6.09. The second-order valence-corrected chi connectivity index (χ2v) is 5.43. The van der Waals surface area contributed by atoms with Crippen LogP contribution in [0.3, 0.4) is 0 Å². The fourth-order valence-corrected chi connectivity index (χ4v) is 2.45. The van der Waals surface area contributed by atoms with E-state index in [4.69, 9.17) is 9.26 Å². The lowest BCUT2D eigenvalue weighted by Crippen LogP contribution is -2.14. The number of aromatic nitrogens is 3. The third-order valence-corrected chi connectivity index (χ3v) is 3.64. The molecular weight excluding hydrogens is 320 g/mol. The lowest BCUT2D eigenvalue weighted by atomic mass is 10.2. The highest BCUT2D eigenvalue weighted by Gasteiger charge is 2.19. The number of nitrogens with zero attached hydrogens (tertiary/aromatic N) is 2. The summed E-state index contributed by atoms with van der Waals surface area (Å²) in [6, 6.07) is 5.49. The van der Waals surface area contributed by atoms with Crippen molar-refractivity contribution in [1.29, 1.82) is 0 Å². The number of H-pyrrole nitrogens is 1. The Hall–Kier alpha value is -3.27. The number of aromatic amines is 1. The van der Waals surface area contributed by atoms with E-state index in [1.54, 1.807) is 13.8 Å². The Morgan fingerprint density at radius 2 is 2.20 bits per heavy atom. The first-order valence-corrected chi connectivity index (χ1v) is 7.91. The first kappa shape index (κ1) is 16.6. The summed E-state index contributed by atoms with van der Waals surface area (Å²) in [6.45, 7) is 5.72. The summed E-state index contributed by atoms with van der Waals surface area (Å²) in [5, 5.41) is 14.4. The van der Waals surface area contributed by atoms with Gasteiger partial charge in [0.05, 0.1) is 11.2 Å². The van der Waals surface area contributed by atoms with E-state index in [9.17, 15) is 4.79 Å². The summed E-state index contributed by atoms with van der Waals surface area (Å²) in [5.74, 6) is 7.10. The van der Waals surface area contributed by atoms with Crippen molar-refractivity contribution in [2.45, 2.75) is 27.2 Å². The van der Waals surface area contributed by atoms with E-state index in [-0.39, 0.29) is 5.91 Å². The van der Waals surface area contributed by atoms with Crippen LogP contribution in [0.4, 0.5) is 5.82 Å². The van der Waals surface area contributed by atoms with E-state index in [2.05, 4.69) is 32.5 Å². The number of hydrogen-bond donors (Lipinski definition) is 2. The summed E-state index contributed by atoms with van der Waals surface area (Å²) in [7, 11) is 0. The smallest absolute Gasteiger partial charge is 0.262 e. The van der Waals surface area contributed by atoms with Crippen molar-refractivity contribution >= 4 is 22.6 Å². The van der Waals surface area contributed by atoms with Crippen LogP contribution in [0.15, 0.2) is 22.7 Å². The van der Waals surface area contributed by atoms with Crippen LogP contribution >= 0.6 is 0 Å². The molecule has 0 fully saturated rings. The highest BCUT2D eigenvalue weighted by atomic mass is 16.5. The lowest BCUT2D eigenvalue weighted by molar-refractivity contribution is 0.102. The largest absolute Gasteiger partial charge is 0.481 e. The molecule has 128 valence electrons. The summed E-state index contributed by atoms with van der Waals surface area (Å²) in [4.78, 5) is 12.5. The van der Waals surface area contributed by atoms with Crippen molar-refractivity contribution in [2.24, 2.45) is 0 Å². The van der Waals surface area contributed by atoms with Gasteiger partial charge in [0.15, 0.2) is 5.82 Å². The van der Waals surface area contributed by atoms with Crippen LogP contribution in [-0.2, 0) is 0 Å². The average molecular weight is 338 g/mol. The van der Waals surface area contributed by atoms with Crippen LogP contribution in [0.2, 0.25) is 0 Å². The summed E-state index contributed by atoms with van der Waals surface area (Å²) in [5.41, 5.74) is 1.74. The zero-order valence-electron chi connectivity index (χ0n) is 14.3. The van der Waals surface area contributed by atoms with Crippen LogP contribution in [-0.4, -0.2) is 27.9 Å². The number of hydrogen-bond acceptors (Lipinski definition) is 5. The molecule has 0 aliphatic heterocycles. The molecule has 0 saturated carbocycles. The Kier molecular flexibility index (Phi) is 4.70. The predicted molar refractivity (Wildman–Crippen MR) is 93.6 cm³/mol. The summed E-state index contributed by atoms with van der Waals surface area (Å²) in [6.07, 6.45) is 0.794. The van der Waals surface area contributed by atoms with Crippen molar-refractivity contribution < 1.29 is 14.1 Å². The molecule has 0 atom stereocenters. The molecule has 1 amide bonds. The minimum absolute atomic E-state index is 0.315. The first-order chi connectivity index (χ1) is 12.1. The molecule has 0 saturated heterocycles. The lowest BCUT2D eigenvalue weighted by Gasteiger charge is -2.04. The van der Waals surface area contributed by atoms with Crippen molar-refractivity contribution in [3.8, 4) is 17.6 Å². The van der Waals surface area contributed by atoms with Crippen molar-refractivity contribution in [1.82, 2.24) is 15.4 Å². The van der Waals surface area contributed by atoms with Crippen molar-refractivity contribution in [2.75, 3.05) is 11.9 Å². The molecule has 2 aromatic heterocycles. The monoisotopic (exact) mass is 338 g/mol. The summed E-state index contributed by atoms with van der Waals surface area (Å²) < 4.78 is 10.6. The minimum atomic E-state index is -0.315.